The predicted octanol–water partition coefficient (Wildman–Crippen LogP) is 5.65. The standard InChI is InChI=1S/C19H24ClN3O2.C2H6/c1-19(2,3)15-11-10-12(18(24)25-6)17(22-15)21-14-9-7-8-13(20)16(14)23(4)5;1-2/h7-11H,1-6H3,(H,21,22);1-2H3. The monoisotopic (exact) mass is 391 g/mol. The Labute approximate surface area is 167 Å². The number of methoxy groups -OCH3 is 1. The van der Waals surface area contributed by atoms with Gasteiger partial charge in [-0.15, -0.1) is 0 Å². The van der Waals surface area contributed by atoms with Crippen LogP contribution in [0.25, 0.3) is 0 Å². The average Bonchev–Trinajstić information content (AvgIpc) is 2.61. The molecule has 1 aromatic heterocycles. The quantitative estimate of drug-likeness (QED) is 0.682. The lowest BCUT2D eigenvalue weighted by Gasteiger charge is -2.22. The minimum absolute atomic E-state index is 0.149. The van der Waals surface area contributed by atoms with Gasteiger partial charge in [-0.05, 0) is 24.3 Å². The number of hydrogen-bond acceptors (Lipinski definition) is 5. The largest absolute Gasteiger partial charge is 0.465 e. The van der Waals surface area contributed by atoms with Crippen LogP contribution in [0.4, 0.5) is 17.2 Å². The van der Waals surface area contributed by atoms with Gasteiger partial charge in [0.2, 0.25) is 0 Å². The molecule has 2 aromatic rings. The van der Waals surface area contributed by atoms with Crippen LogP contribution >= 0.6 is 11.6 Å². The van der Waals surface area contributed by atoms with Gasteiger partial charge in [-0.25, -0.2) is 9.78 Å². The van der Waals surface area contributed by atoms with Crippen molar-refractivity contribution in [2.75, 3.05) is 31.4 Å². The highest BCUT2D eigenvalue weighted by Crippen LogP contribution is 2.35. The Kier molecular flexibility index (Phi) is 8.10. The summed E-state index contributed by atoms with van der Waals surface area (Å²) in [5, 5.41) is 3.87. The third-order valence-electron chi connectivity index (χ3n) is 3.76. The SMILES string of the molecule is CC.COC(=O)c1ccc(C(C)(C)C)nc1Nc1cccc(Cl)c1N(C)C. The second kappa shape index (κ2) is 9.60. The van der Waals surface area contributed by atoms with Gasteiger partial charge in [-0.1, -0.05) is 52.3 Å². The maximum absolute atomic E-state index is 12.1. The summed E-state index contributed by atoms with van der Waals surface area (Å²) in [5.41, 5.74) is 2.68. The van der Waals surface area contributed by atoms with E-state index in [1.54, 1.807) is 6.07 Å². The molecule has 0 aliphatic heterocycles. The van der Waals surface area contributed by atoms with Crippen LogP contribution in [0, 0.1) is 0 Å². The number of anilines is 3. The fraction of sp³-hybridized carbons (Fsp3) is 0.429. The molecule has 0 radical (unpaired) electrons. The normalized spacial score (nSPS) is 10.6. The highest BCUT2D eigenvalue weighted by atomic mass is 35.5. The number of ether oxygens (including phenoxy) is 1. The van der Waals surface area contributed by atoms with Crippen molar-refractivity contribution in [2.24, 2.45) is 0 Å². The van der Waals surface area contributed by atoms with Crippen LogP contribution in [-0.2, 0) is 10.2 Å². The minimum atomic E-state index is -0.441. The molecule has 1 heterocycles. The van der Waals surface area contributed by atoms with E-state index in [0.717, 1.165) is 17.1 Å². The van der Waals surface area contributed by atoms with Gasteiger partial charge in [0, 0.05) is 25.2 Å². The molecule has 5 nitrogen and oxygen atoms in total. The molecule has 0 atom stereocenters. The topological polar surface area (TPSA) is 54.5 Å². The van der Waals surface area contributed by atoms with Gasteiger partial charge >= 0.3 is 5.97 Å². The first-order valence-electron chi connectivity index (χ1n) is 8.98. The number of esters is 1. The molecule has 148 valence electrons. The third kappa shape index (κ3) is 5.60. The molecule has 2 rings (SSSR count). The third-order valence-corrected chi connectivity index (χ3v) is 4.06. The molecule has 0 saturated carbocycles. The number of nitrogens with zero attached hydrogens (tertiary/aromatic N) is 2. The van der Waals surface area contributed by atoms with E-state index in [1.165, 1.54) is 7.11 Å². The van der Waals surface area contributed by atoms with Gasteiger partial charge in [0.25, 0.3) is 0 Å². The van der Waals surface area contributed by atoms with Gasteiger partial charge < -0.3 is 15.0 Å². The summed E-state index contributed by atoms with van der Waals surface area (Å²) in [4.78, 5) is 18.7. The molecule has 0 bridgehead atoms. The lowest BCUT2D eigenvalue weighted by atomic mass is 9.91. The molecular weight excluding hydrogens is 362 g/mol. The Morgan fingerprint density at radius 2 is 1.78 bits per heavy atom. The van der Waals surface area contributed by atoms with Gasteiger partial charge in [-0.2, -0.15) is 0 Å². The first-order valence-corrected chi connectivity index (χ1v) is 9.35. The molecule has 0 spiro atoms. The van der Waals surface area contributed by atoms with E-state index in [9.17, 15) is 4.79 Å². The first kappa shape index (κ1) is 22.8. The van der Waals surface area contributed by atoms with Gasteiger partial charge in [0.05, 0.1) is 23.5 Å². The lowest BCUT2D eigenvalue weighted by Crippen LogP contribution is -2.17. The summed E-state index contributed by atoms with van der Waals surface area (Å²) in [6.07, 6.45) is 0. The molecule has 0 aliphatic carbocycles. The zero-order chi connectivity index (χ0) is 20.8. The molecule has 27 heavy (non-hydrogen) atoms. The number of hydrogen-bond donors (Lipinski definition) is 1. The number of halogens is 1. The van der Waals surface area contributed by atoms with Crippen LogP contribution in [0.2, 0.25) is 5.02 Å². The molecule has 0 aliphatic rings. The summed E-state index contributed by atoms with van der Waals surface area (Å²) in [7, 11) is 5.17. The van der Waals surface area contributed by atoms with Gasteiger partial charge in [0.15, 0.2) is 0 Å². The summed E-state index contributed by atoms with van der Waals surface area (Å²) in [6, 6.07) is 9.16. The van der Waals surface area contributed by atoms with Gasteiger partial charge in [0.1, 0.15) is 11.4 Å². The lowest BCUT2D eigenvalue weighted by molar-refractivity contribution is 0.0601. The highest BCUT2D eigenvalue weighted by molar-refractivity contribution is 6.34. The van der Waals surface area contributed by atoms with E-state index in [2.05, 4.69) is 31.1 Å². The van der Waals surface area contributed by atoms with E-state index in [4.69, 9.17) is 16.3 Å². The number of carbonyl (C=O) groups is 1. The fourth-order valence-corrected chi connectivity index (χ4v) is 2.79. The molecule has 0 unspecified atom stereocenters. The van der Waals surface area contributed by atoms with E-state index in [-0.39, 0.29) is 5.41 Å². The zero-order valence-corrected chi connectivity index (χ0v) is 18.2. The molecular formula is C21H30ClN3O2. The van der Waals surface area contributed by atoms with Crippen molar-refractivity contribution >= 4 is 34.8 Å². The summed E-state index contributed by atoms with van der Waals surface area (Å²) >= 11 is 6.33. The van der Waals surface area contributed by atoms with Crippen LogP contribution < -0.4 is 10.2 Å². The predicted molar refractivity (Wildman–Crippen MR) is 115 cm³/mol. The van der Waals surface area contributed by atoms with Crippen molar-refractivity contribution in [3.63, 3.8) is 0 Å². The first-order chi connectivity index (χ1) is 12.6. The van der Waals surface area contributed by atoms with Crippen molar-refractivity contribution in [1.82, 2.24) is 4.98 Å². The van der Waals surface area contributed by atoms with E-state index < -0.39 is 5.97 Å². The second-order valence-electron chi connectivity index (χ2n) is 6.99. The molecule has 6 heteroatoms. The Bertz CT molecular complexity index is 783. The van der Waals surface area contributed by atoms with Crippen molar-refractivity contribution in [1.29, 1.82) is 0 Å². The Morgan fingerprint density at radius 1 is 1.15 bits per heavy atom. The summed E-state index contributed by atoms with van der Waals surface area (Å²) < 4.78 is 4.89. The summed E-state index contributed by atoms with van der Waals surface area (Å²) in [5.74, 6) is 0.00790. The summed E-state index contributed by atoms with van der Waals surface area (Å²) in [6.45, 7) is 10.2. The zero-order valence-electron chi connectivity index (χ0n) is 17.5. The Morgan fingerprint density at radius 3 is 2.30 bits per heavy atom. The Balaban J connectivity index is 0.00000176. The van der Waals surface area contributed by atoms with Gasteiger partial charge in [-0.3, -0.25) is 0 Å². The minimum Gasteiger partial charge on any atom is -0.465 e. The van der Waals surface area contributed by atoms with E-state index in [0.29, 0.717) is 16.4 Å². The number of nitrogens with one attached hydrogen (secondary N) is 1. The van der Waals surface area contributed by atoms with Crippen LogP contribution in [-0.4, -0.2) is 32.2 Å². The van der Waals surface area contributed by atoms with Crippen LogP contribution in [0.1, 0.15) is 50.7 Å². The average molecular weight is 392 g/mol. The number of pyridine rings is 1. The number of benzene rings is 1. The Hall–Kier alpha value is -2.27. The van der Waals surface area contributed by atoms with Crippen molar-refractivity contribution < 1.29 is 9.53 Å². The molecule has 0 saturated heterocycles. The maximum atomic E-state index is 12.1. The molecule has 0 amide bonds. The van der Waals surface area contributed by atoms with Crippen molar-refractivity contribution in [2.45, 2.75) is 40.0 Å². The smallest absolute Gasteiger partial charge is 0.341 e. The van der Waals surface area contributed by atoms with Crippen LogP contribution in [0.15, 0.2) is 30.3 Å². The van der Waals surface area contributed by atoms with Crippen molar-refractivity contribution in [3.8, 4) is 0 Å². The van der Waals surface area contributed by atoms with E-state index in [1.807, 2.05) is 57.1 Å². The molecule has 0 fully saturated rings. The number of aromatic nitrogens is 1. The van der Waals surface area contributed by atoms with Crippen molar-refractivity contribution in [3.05, 3.63) is 46.6 Å². The van der Waals surface area contributed by atoms with E-state index >= 15 is 0 Å². The number of rotatable bonds is 4. The second-order valence-corrected chi connectivity index (χ2v) is 7.40. The maximum Gasteiger partial charge on any atom is 0.341 e. The van der Waals surface area contributed by atoms with Crippen LogP contribution in [0.3, 0.4) is 0 Å². The molecule has 1 aromatic carbocycles. The fourth-order valence-electron chi connectivity index (χ4n) is 2.45. The van der Waals surface area contributed by atoms with Crippen LogP contribution in [0.5, 0.6) is 0 Å². The highest BCUT2D eigenvalue weighted by Gasteiger charge is 2.21. The number of para-hydroxylation sites is 1. The molecule has 1 N–H and O–H groups in total. The number of carbonyl (C=O) groups excluding carboxylic acids is 1.